The molecule has 2 heterocycles. The molecule has 0 bridgehead atoms. The minimum absolute atomic E-state index is 0.0229. The number of nitrogens with zero attached hydrogens (tertiary/aromatic N) is 1. The van der Waals surface area contributed by atoms with E-state index in [2.05, 4.69) is 15.6 Å². The summed E-state index contributed by atoms with van der Waals surface area (Å²) < 4.78 is 0. The van der Waals surface area contributed by atoms with Crippen molar-refractivity contribution in [2.75, 3.05) is 0 Å². The number of benzene rings is 1. The first-order valence-corrected chi connectivity index (χ1v) is 9.10. The Bertz CT molecular complexity index is 862. The van der Waals surface area contributed by atoms with Gasteiger partial charge in [-0.15, -0.1) is 0 Å². The quantitative estimate of drug-likeness (QED) is 0.661. The normalized spacial score (nSPS) is 19.0. The van der Waals surface area contributed by atoms with Gasteiger partial charge >= 0.3 is 5.97 Å². The van der Waals surface area contributed by atoms with Gasteiger partial charge in [0, 0.05) is 42.9 Å². The lowest BCUT2D eigenvalue weighted by Crippen LogP contribution is -2.43. The smallest absolute Gasteiger partial charge is 0.303 e. The molecule has 0 spiro atoms. The van der Waals surface area contributed by atoms with Crippen molar-refractivity contribution in [1.29, 1.82) is 0 Å². The van der Waals surface area contributed by atoms with Crippen LogP contribution in [0.2, 0.25) is 0 Å². The number of carbonyl (C=O) groups excluding carboxylic acids is 2. The van der Waals surface area contributed by atoms with Gasteiger partial charge < -0.3 is 15.7 Å². The summed E-state index contributed by atoms with van der Waals surface area (Å²) in [7, 11) is 0. The number of aromatic nitrogens is 1. The van der Waals surface area contributed by atoms with Crippen molar-refractivity contribution in [3.8, 4) is 0 Å². The lowest BCUT2D eigenvalue weighted by molar-refractivity contribution is -0.137. The van der Waals surface area contributed by atoms with Gasteiger partial charge in [-0.25, -0.2) is 0 Å². The molecule has 2 aromatic rings. The zero-order valence-electron chi connectivity index (χ0n) is 15.0. The summed E-state index contributed by atoms with van der Waals surface area (Å²) in [5.41, 5.74) is 1.28. The Kier molecular flexibility index (Phi) is 5.69. The van der Waals surface area contributed by atoms with E-state index in [1.807, 2.05) is 30.3 Å². The van der Waals surface area contributed by atoms with Crippen LogP contribution >= 0.6 is 0 Å². The highest BCUT2D eigenvalue weighted by Gasteiger charge is 2.37. The molecule has 142 valence electrons. The minimum atomic E-state index is -0.899. The monoisotopic (exact) mass is 369 g/mol. The second-order valence-corrected chi connectivity index (χ2v) is 6.99. The van der Waals surface area contributed by atoms with Crippen LogP contribution in [0.5, 0.6) is 0 Å². The molecule has 1 aliphatic rings. The summed E-state index contributed by atoms with van der Waals surface area (Å²) in [6.07, 6.45) is 3.67. The summed E-state index contributed by atoms with van der Waals surface area (Å²) in [6.45, 7) is 0.399. The first-order chi connectivity index (χ1) is 13.0. The molecule has 1 atom stereocenters. The van der Waals surface area contributed by atoms with Crippen LogP contribution in [0, 0.1) is 0 Å². The summed E-state index contributed by atoms with van der Waals surface area (Å²) in [4.78, 5) is 39.1. The fraction of sp³-hybridized carbons (Fsp3) is 0.400. The van der Waals surface area contributed by atoms with E-state index in [0.717, 1.165) is 16.5 Å². The summed E-state index contributed by atoms with van der Waals surface area (Å²) in [5, 5.41) is 15.7. The van der Waals surface area contributed by atoms with E-state index < -0.39 is 11.5 Å². The number of rotatable bonds is 8. The summed E-state index contributed by atoms with van der Waals surface area (Å²) >= 11 is 0. The molecule has 3 N–H and O–H groups in total. The van der Waals surface area contributed by atoms with Gasteiger partial charge in [-0.05, 0) is 37.0 Å². The zero-order valence-corrected chi connectivity index (χ0v) is 15.0. The van der Waals surface area contributed by atoms with E-state index in [9.17, 15) is 14.4 Å². The van der Waals surface area contributed by atoms with E-state index in [0.29, 0.717) is 32.2 Å². The molecule has 7 nitrogen and oxygen atoms in total. The highest BCUT2D eigenvalue weighted by atomic mass is 16.4. The average Bonchev–Trinajstić information content (AvgIpc) is 3.04. The molecule has 0 aliphatic carbocycles. The van der Waals surface area contributed by atoms with E-state index in [1.54, 1.807) is 6.20 Å². The minimum Gasteiger partial charge on any atom is -0.481 e. The lowest BCUT2D eigenvalue weighted by atomic mass is 9.86. The SMILES string of the molecule is O=C(O)CC[C@@]1(CCC(=O)NCc2ccnc3ccccc23)CCC(=O)N1. The maximum atomic E-state index is 12.3. The third kappa shape index (κ3) is 4.81. The number of carboxylic acid groups (broad SMARTS) is 1. The van der Waals surface area contributed by atoms with Crippen molar-refractivity contribution >= 4 is 28.7 Å². The van der Waals surface area contributed by atoms with E-state index in [-0.39, 0.29) is 24.7 Å². The van der Waals surface area contributed by atoms with Gasteiger partial charge in [-0.2, -0.15) is 0 Å². The average molecular weight is 369 g/mol. The molecule has 1 aromatic carbocycles. The molecule has 3 rings (SSSR count). The molecule has 1 aromatic heterocycles. The Hall–Kier alpha value is -2.96. The molecular weight excluding hydrogens is 346 g/mol. The molecule has 0 radical (unpaired) electrons. The van der Waals surface area contributed by atoms with Crippen molar-refractivity contribution in [3.05, 3.63) is 42.1 Å². The summed E-state index contributed by atoms with van der Waals surface area (Å²) in [6, 6.07) is 9.64. The second-order valence-electron chi connectivity index (χ2n) is 6.99. The summed E-state index contributed by atoms with van der Waals surface area (Å²) in [5.74, 6) is -1.10. The van der Waals surface area contributed by atoms with Gasteiger partial charge in [0.25, 0.3) is 0 Å². The molecule has 1 fully saturated rings. The molecular formula is C20H23N3O4. The van der Waals surface area contributed by atoms with E-state index in [1.165, 1.54) is 0 Å². The fourth-order valence-electron chi connectivity index (χ4n) is 3.56. The second kappa shape index (κ2) is 8.16. The van der Waals surface area contributed by atoms with Gasteiger partial charge in [-0.3, -0.25) is 19.4 Å². The van der Waals surface area contributed by atoms with Crippen molar-refractivity contribution in [2.24, 2.45) is 0 Å². The van der Waals surface area contributed by atoms with Crippen LogP contribution in [0.3, 0.4) is 0 Å². The van der Waals surface area contributed by atoms with Crippen LogP contribution in [0.1, 0.15) is 44.1 Å². The molecule has 7 heteroatoms. The van der Waals surface area contributed by atoms with E-state index >= 15 is 0 Å². The van der Waals surface area contributed by atoms with Gasteiger partial charge in [0.05, 0.1) is 5.52 Å². The Morgan fingerprint density at radius 2 is 1.96 bits per heavy atom. The van der Waals surface area contributed by atoms with Crippen LogP contribution in [-0.4, -0.2) is 33.4 Å². The van der Waals surface area contributed by atoms with Crippen molar-refractivity contribution in [1.82, 2.24) is 15.6 Å². The molecule has 27 heavy (non-hydrogen) atoms. The lowest BCUT2D eigenvalue weighted by Gasteiger charge is -2.28. The van der Waals surface area contributed by atoms with Crippen LogP contribution in [0.25, 0.3) is 10.9 Å². The third-order valence-electron chi connectivity index (χ3n) is 5.10. The predicted octanol–water partition coefficient (Wildman–Crippen LogP) is 2.14. The largest absolute Gasteiger partial charge is 0.481 e. The van der Waals surface area contributed by atoms with Crippen molar-refractivity contribution in [2.45, 2.75) is 50.6 Å². The zero-order chi connectivity index (χ0) is 19.3. The number of carboxylic acids is 1. The number of nitrogens with one attached hydrogen (secondary N) is 2. The van der Waals surface area contributed by atoms with Gasteiger partial charge in [0.15, 0.2) is 0 Å². The molecule has 2 amide bonds. The molecule has 1 saturated heterocycles. The maximum Gasteiger partial charge on any atom is 0.303 e. The molecule has 0 saturated carbocycles. The first kappa shape index (κ1) is 18.8. The van der Waals surface area contributed by atoms with Gasteiger partial charge in [-0.1, -0.05) is 18.2 Å². The number of hydrogen-bond donors (Lipinski definition) is 3. The molecule has 0 unspecified atom stereocenters. The Morgan fingerprint density at radius 1 is 1.19 bits per heavy atom. The highest BCUT2D eigenvalue weighted by Crippen LogP contribution is 2.30. The van der Waals surface area contributed by atoms with Crippen molar-refractivity contribution < 1.29 is 19.5 Å². The van der Waals surface area contributed by atoms with E-state index in [4.69, 9.17) is 5.11 Å². The van der Waals surface area contributed by atoms with Crippen LogP contribution in [-0.2, 0) is 20.9 Å². The maximum absolute atomic E-state index is 12.3. The third-order valence-corrected chi connectivity index (χ3v) is 5.10. The van der Waals surface area contributed by atoms with Crippen LogP contribution in [0.4, 0.5) is 0 Å². The van der Waals surface area contributed by atoms with Crippen LogP contribution < -0.4 is 10.6 Å². The number of pyridine rings is 1. The van der Waals surface area contributed by atoms with Gasteiger partial charge in [0.2, 0.25) is 11.8 Å². The highest BCUT2D eigenvalue weighted by molar-refractivity contribution is 5.83. The van der Waals surface area contributed by atoms with Crippen LogP contribution in [0.15, 0.2) is 36.5 Å². The first-order valence-electron chi connectivity index (χ1n) is 9.10. The number of fused-ring (bicyclic) bond motifs is 1. The number of aliphatic carboxylic acids is 1. The molecule has 1 aliphatic heterocycles. The standard InChI is InChI=1S/C20H23N3O4/c24-17(5-9-20(11-7-19(26)27)10-6-18(25)23-20)22-13-14-8-12-21-16-4-2-1-3-15(14)16/h1-4,8,12H,5-7,9-11,13H2,(H,22,24)(H,23,25)(H,26,27)/t20-/m1/s1. The Balaban J connectivity index is 1.56. The number of carbonyl (C=O) groups is 3. The Labute approximate surface area is 157 Å². The van der Waals surface area contributed by atoms with Gasteiger partial charge in [0.1, 0.15) is 0 Å². The number of para-hydroxylation sites is 1. The predicted molar refractivity (Wildman–Crippen MR) is 99.8 cm³/mol. The number of amides is 2. The number of hydrogen-bond acceptors (Lipinski definition) is 4. The Morgan fingerprint density at radius 3 is 2.70 bits per heavy atom. The van der Waals surface area contributed by atoms with Crippen molar-refractivity contribution in [3.63, 3.8) is 0 Å². The topological polar surface area (TPSA) is 108 Å². The fourth-order valence-corrected chi connectivity index (χ4v) is 3.56.